The number of carboxylic acids is 1. The van der Waals surface area contributed by atoms with E-state index in [1.807, 2.05) is 31.3 Å². The Bertz CT molecular complexity index is 633. The maximum Gasteiger partial charge on any atom is 0.325 e. The minimum Gasteiger partial charge on any atom is -0.480 e. The second kappa shape index (κ2) is 5.09. The zero-order valence-electron chi connectivity index (χ0n) is 10.8. The third-order valence-electron chi connectivity index (χ3n) is 2.91. The molecule has 0 radical (unpaired) electrons. The van der Waals surface area contributed by atoms with Crippen molar-refractivity contribution < 1.29 is 14.7 Å². The number of fused-ring (bicyclic) bond motifs is 1. The first-order chi connectivity index (χ1) is 8.99. The van der Waals surface area contributed by atoms with E-state index < -0.39 is 12.0 Å². The molecule has 1 amide bonds. The van der Waals surface area contributed by atoms with Gasteiger partial charge in [-0.15, -0.1) is 0 Å². The molecule has 0 bridgehead atoms. The number of hydrogen-bond acceptors (Lipinski definition) is 3. The number of rotatable bonds is 4. The monoisotopic (exact) mass is 261 g/mol. The van der Waals surface area contributed by atoms with Crippen molar-refractivity contribution in [1.29, 1.82) is 0 Å². The van der Waals surface area contributed by atoms with Gasteiger partial charge < -0.3 is 10.4 Å². The summed E-state index contributed by atoms with van der Waals surface area (Å²) in [6.07, 6.45) is 0.0684. The zero-order chi connectivity index (χ0) is 14.0. The highest BCUT2D eigenvalue weighted by Gasteiger charge is 2.16. The van der Waals surface area contributed by atoms with Crippen molar-refractivity contribution in [3.05, 3.63) is 30.0 Å². The minimum atomic E-state index is -1.06. The van der Waals surface area contributed by atoms with E-state index in [1.165, 1.54) is 6.92 Å². The fourth-order valence-electron chi connectivity index (χ4n) is 1.93. The molecule has 1 heterocycles. The van der Waals surface area contributed by atoms with Crippen LogP contribution in [0.4, 0.5) is 0 Å². The van der Waals surface area contributed by atoms with Gasteiger partial charge in [-0.25, -0.2) is 0 Å². The Morgan fingerprint density at radius 2 is 2.11 bits per heavy atom. The topological polar surface area (TPSA) is 84.2 Å². The first-order valence-corrected chi connectivity index (χ1v) is 5.92. The Labute approximate surface area is 110 Å². The van der Waals surface area contributed by atoms with E-state index in [4.69, 9.17) is 5.11 Å². The Morgan fingerprint density at radius 3 is 2.79 bits per heavy atom. The van der Waals surface area contributed by atoms with Gasteiger partial charge in [0.2, 0.25) is 5.91 Å². The number of nitrogens with zero attached hydrogens (tertiary/aromatic N) is 2. The van der Waals surface area contributed by atoms with E-state index >= 15 is 0 Å². The number of carbonyl (C=O) groups is 2. The van der Waals surface area contributed by atoms with Crippen LogP contribution in [0.1, 0.15) is 12.6 Å². The minimum absolute atomic E-state index is 0.0684. The van der Waals surface area contributed by atoms with Gasteiger partial charge in [0.1, 0.15) is 6.04 Å². The van der Waals surface area contributed by atoms with Crippen LogP contribution in [-0.4, -0.2) is 32.8 Å². The number of amides is 1. The van der Waals surface area contributed by atoms with Gasteiger partial charge in [0.15, 0.2) is 0 Å². The number of carboxylic acid groups (broad SMARTS) is 1. The summed E-state index contributed by atoms with van der Waals surface area (Å²) in [6.45, 7) is 1.43. The van der Waals surface area contributed by atoms with Gasteiger partial charge >= 0.3 is 5.97 Å². The third kappa shape index (κ3) is 2.73. The third-order valence-corrected chi connectivity index (χ3v) is 2.91. The number of benzene rings is 1. The van der Waals surface area contributed by atoms with Crippen molar-refractivity contribution in [2.24, 2.45) is 7.05 Å². The standard InChI is InChI=1S/C13H15N3O3/c1-8(13(18)19)14-12(17)7-10-9-5-3-4-6-11(9)16(2)15-10/h3-6,8H,7H2,1-2H3,(H,14,17)(H,18,19). The molecule has 0 saturated carbocycles. The summed E-state index contributed by atoms with van der Waals surface area (Å²) < 4.78 is 1.71. The van der Waals surface area contributed by atoms with Crippen LogP contribution in [0, 0.1) is 0 Å². The van der Waals surface area contributed by atoms with Crippen LogP contribution in [-0.2, 0) is 23.1 Å². The second-order valence-corrected chi connectivity index (χ2v) is 4.39. The molecule has 19 heavy (non-hydrogen) atoms. The Balaban J connectivity index is 2.18. The highest BCUT2D eigenvalue weighted by Crippen LogP contribution is 2.17. The molecule has 6 nitrogen and oxygen atoms in total. The smallest absolute Gasteiger partial charge is 0.325 e. The number of aliphatic carboxylic acids is 1. The second-order valence-electron chi connectivity index (χ2n) is 4.39. The molecule has 0 saturated heterocycles. The number of para-hydroxylation sites is 1. The predicted octanol–water partition coefficient (Wildman–Crippen LogP) is 0.705. The zero-order valence-corrected chi connectivity index (χ0v) is 10.8. The molecule has 2 rings (SSSR count). The predicted molar refractivity (Wildman–Crippen MR) is 69.7 cm³/mol. The van der Waals surface area contributed by atoms with E-state index in [0.29, 0.717) is 5.69 Å². The Kier molecular flexibility index (Phi) is 3.50. The van der Waals surface area contributed by atoms with Crippen molar-refractivity contribution in [2.75, 3.05) is 0 Å². The molecule has 6 heteroatoms. The van der Waals surface area contributed by atoms with Crippen molar-refractivity contribution in [2.45, 2.75) is 19.4 Å². The summed E-state index contributed by atoms with van der Waals surface area (Å²) in [4.78, 5) is 22.4. The van der Waals surface area contributed by atoms with Crippen LogP contribution in [0.3, 0.4) is 0 Å². The van der Waals surface area contributed by atoms with Crippen molar-refractivity contribution >= 4 is 22.8 Å². The largest absolute Gasteiger partial charge is 0.480 e. The van der Waals surface area contributed by atoms with Crippen LogP contribution in [0.25, 0.3) is 10.9 Å². The summed E-state index contributed by atoms with van der Waals surface area (Å²) in [6, 6.07) is 6.70. The van der Waals surface area contributed by atoms with Gasteiger partial charge in [-0.1, -0.05) is 18.2 Å². The number of hydrogen-bond donors (Lipinski definition) is 2. The molecule has 2 N–H and O–H groups in total. The molecule has 0 aliphatic carbocycles. The molecule has 0 fully saturated rings. The van der Waals surface area contributed by atoms with Crippen LogP contribution in [0.15, 0.2) is 24.3 Å². The van der Waals surface area contributed by atoms with Crippen LogP contribution < -0.4 is 5.32 Å². The Hall–Kier alpha value is -2.37. The molecule has 1 atom stereocenters. The molecule has 0 aliphatic rings. The summed E-state index contributed by atoms with van der Waals surface area (Å²) >= 11 is 0. The molecule has 100 valence electrons. The number of aromatic nitrogens is 2. The van der Waals surface area contributed by atoms with E-state index in [-0.39, 0.29) is 12.3 Å². The fourth-order valence-corrected chi connectivity index (χ4v) is 1.93. The lowest BCUT2D eigenvalue weighted by atomic mass is 10.1. The first kappa shape index (κ1) is 13.1. The maximum atomic E-state index is 11.8. The number of nitrogens with one attached hydrogen (secondary N) is 1. The van der Waals surface area contributed by atoms with Gasteiger partial charge in [-0.3, -0.25) is 14.3 Å². The van der Waals surface area contributed by atoms with Crippen molar-refractivity contribution in [3.63, 3.8) is 0 Å². The molecule has 0 aliphatic heterocycles. The lowest BCUT2D eigenvalue weighted by molar-refractivity contribution is -0.141. The molecule has 1 unspecified atom stereocenters. The number of carbonyl (C=O) groups excluding carboxylic acids is 1. The fraction of sp³-hybridized carbons (Fsp3) is 0.308. The normalized spacial score (nSPS) is 12.3. The quantitative estimate of drug-likeness (QED) is 0.848. The molecule has 1 aromatic heterocycles. The van der Waals surface area contributed by atoms with Crippen LogP contribution in [0.2, 0.25) is 0 Å². The summed E-state index contributed by atoms with van der Waals surface area (Å²) in [5.74, 6) is -1.40. The van der Waals surface area contributed by atoms with Crippen molar-refractivity contribution in [3.8, 4) is 0 Å². The Morgan fingerprint density at radius 1 is 1.42 bits per heavy atom. The van der Waals surface area contributed by atoms with E-state index in [2.05, 4.69) is 10.4 Å². The van der Waals surface area contributed by atoms with Gasteiger partial charge in [-0.05, 0) is 13.0 Å². The molecule has 2 aromatic rings. The van der Waals surface area contributed by atoms with Gasteiger partial charge in [0, 0.05) is 12.4 Å². The average molecular weight is 261 g/mol. The van der Waals surface area contributed by atoms with Gasteiger partial charge in [0.25, 0.3) is 0 Å². The molecular weight excluding hydrogens is 246 g/mol. The molecule has 0 spiro atoms. The van der Waals surface area contributed by atoms with Crippen LogP contribution >= 0.6 is 0 Å². The highest BCUT2D eigenvalue weighted by molar-refractivity contribution is 5.89. The van der Waals surface area contributed by atoms with Gasteiger partial charge in [0.05, 0.1) is 17.6 Å². The first-order valence-electron chi connectivity index (χ1n) is 5.92. The average Bonchev–Trinajstić information content (AvgIpc) is 2.67. The van der Waals surface area contributed by atoms with Crippen LogP contribution in [0.5, 0.6) is 0 Å². The lowest BCUT2D eigenvalue weighted by Gasteiger charge is -2.08. The lowest BCUT2D eigenvalue weighted by Crippen LogP contribution is -2.39. The van der Waals surface area contributed by atoms with E-state index in [1.54, 1.807) is 4.68 Å². The summed E-state index contributed by atoms with van der Waals surface area (Å²) in [5, 5.41) is 16.3. The molecular formula is C13H15N3O3. The van der Waals surface area contributed by atoms with E-state index in [0.717, 1.165) is 10.9 Å². The van der Waals surface area contributed by atoms with Gasteiger partial charge in [-0.2, -0.15) is 5.10 Å². The molecule has 1 aromatic carbocycles. The van der Waals surface area contributed by atoms with E-state index in [9.17, 15) is 9.59 Å². The summed E-state index contributed by atoms with van der Waals surface area (Å²) in [7, 11) is 1.81. The maximum absolute atomic E-state index is 11.8. The SMILES string of the molecule is CC(NC(=O)Cc1nn(C)c2ccccc12)C(=O)O. The van der Waals surface area contributed by atoms with Crippen molar-refractivity contribution in [1.82, 2.24) is 15.1 Å². The number of aryl methyl sites for hydroxylation is 1. The summed E-state index contributed by atoms with van der Waals surface area (Å²) in [5.41, 5.74) is 1.59. The highest BCUT2D eigenvalue weighted by atomic mass is 16.4.